The second-order valence-corrected chi connectivity index (χ2v) is 3.47. The summed E-state index contributed by atoms with van der Waals surface area (Å²) in [6, 6.07) is 1.17. The van der Waals surface area contributed by atoms with E-state index in [2.05, 4.69) is 15.3 Å². The molecule has 0 spiro atoms. The second kappa shape index (κ2) is 5.41. The van der Waals surface area contributed by atoms with Crippen molar-refractivity contribution in [2.45, 2.75) is 26.3 Å². The maximum absolute atomic E-state index is 11.6. The molecule has 0 aromatic carbocycles. The average molecular weight is 208 g/mol. The van der Waals surface area contributed by atoms with E-state index in [1.807, 2.05) is 13.8 Å². The van der Waals surface area contributed by atoms with Gasteiger partial charge >= 0.3 is 0 Å². The van der Waals surface area contributed by atoms with Gasteiger partial charge in [-0.25, -0.2) is 9.97 Å². The normalized spacial score (nSPS) is 14.3. The molecule has 1 rings (SSSR count). The first kappa shape index (κ1) is 11.6. The molecular weight excluding hydrogens is 192 g/mol. The quantitative estimate of drug-likeness (QED) is 0.766. The molecule has 0 fully saturated rings. The molecule has 0 aliphatic heterocycles. The number of anilines is 1. The van der Waals surface area contributed by atoms with Crippen LogP contribution in [0.25, 0.3) is 0 Å². The second-order valence-electron chi connectivity index (χ2n) is 3.47. The zero-order chi connectivity index (χ0) is 11.3. The number of nitrogens with zero attached hydrogens (tertiary/aromatic N) is 2. The highest BCUT2D eigenvalue weighted by molar-refractivity contribution is 5.93. The van der Waals surface area contributed by atoms with Crippen molar-refractivity contribution >= 4 is 11.9 Å². The highest BCUT2D eigenvalue weighted by atomic mass is 16.2. The van der Waals surface area contributed by atoms with Crippen LogP contribution in [0.4, 0.5) is 5.95 Å². The molecule has 82 valence electrons. The maximum atomic E-state index is 11.6. The fourth-order valence-corrected chi connectivity index (χ4v) is 1.07. The molecule has 1 aromatic heterocycles. The summed E-state index contributed by atoms with van der Waals surface area (Å²) in [4.78, 5) is 19.4. The number of aromatic nitrogens is 2. The first-order chi connectivity index (χ1) is 7.15. The van der Waals surface area contributed by atoms with E-state index in [0.29, 0.717) is 5.95 Å². The third-order valence-corrected chi connectivity index (χ3v) is 2.36. The molecule has 0 saturated carbocycles. The van der Waals surface area contributed by atoms with Crippen molar-refractivity contribution in [3.8, 4) is 0 Å². The minimum absolute atomic E-state index is 0.147. The number of rotatable bonds is 4. The van der Waals surface area contributed by atoms with Crippen molar-refractivity contribution in [2.75, 3.05) is 5.32 Å². The van der Waals surface area contributed by atoms with Crippen LogP contribution in [-0.4, -0.2) is 21.9 Å². The summed E-state index contributed by atoms with van der Waals surface area (Å²) >= 11 is 0. The summed E-state index contributed by atoms with van der Waals surface area (Å²) in [6.45, 7) is 3.94. The summed E-state index contributed by atoms with van der Waals surface area (Å²) in [7, 11) is 0. The fraction of sp³-hybridized carbons (Fsp3) is 0.500. The van der Waals surface area contributed by atoms with E-state index >= 15 is 0 Å². The van der Waals surface area contributed by atoms with Gasteiger partial charge in [0, 0.05) is 12.4 Å². The largest absolute Gasteiger partial charge is 0.320 e. The molecular formula is C10H16N4O. The number of nitrogens with one attached hydrogen (secondary N) is 1. The lowest BCUT2D eigenvalue weighted by atomic mass is 10.00. The first-order valence-corrected chi connectivity index (χ1v) is 4.98. The van der Waals surface area contributed by atoms with Crippen molar-refractivity contribution in [3.63, 3.8) is 0 Å². The number of hydrogen-bond acceptors (Lipinski definition) is 4. The fourth-order valence-electron chi connectivity index (χ4n) is 1.07. The molecule has 5 nitrogen and oxygen atoms in total. The van der Waals surface area contributed by atoms with Crippen molar-refractivity contribution in [1.82, 2.24) is 9.97 Å². The lowest BCUT2D eigenvalue weighted by Crippen LogP contribution is -2.40. The van der Waals surface area contributed by atoms with Gasteiger partial charge in [0.05, 0.1) is 6.04 Å². The predicted molar refractivity (Wildman–Crippen MR) is 58.1 cm³/mol. The van der Waals surface area contributed by atoms with Crippen LogP contribution < -0.4 is 11.1 Å². The SMILES string of the molecule is CC[C@H](C)[C@H](N)C(=O)Nc1ncccn1. The van der Waals surface area contributed by atoms with Crippen LogP contribution in [0.3, 0.4) is 0 Å². The Hall–Kier alpha value is -1.49. The van der Waals surface area contributed by atoms with Crippen molar-refractivity contribution in [3.05, 3.63) is 18.5 Å². The van der Waals surface area contributed by atoms with Gasteiger partial charge in [-0.05, 0) is 12.0 Å². The van der Waals surface area contributed by atoms with E-state index in [0.717, 1.165) is 6.42 Å². The maximum Gasteiger partial charge on any atom is 0.243 e. The molecule has 0 bridgehead atoms. The molecule has 0 aliphatic rings. The molecule has 5 heteroatoms. The van der Waals surface area contributed by atoms with Gasteiger partial charge in [0.1, 0.15) is 0 Å². The number of hydrogen-bond donors (Lipinski definition) is 2. The van der Waals surface area contributed by atoms with Gasteiger partial charge in [0.15, 0.2) is 0 Å². The Bertz CT molecular complexity index is 314. The average Bonchev–Trinajstić information content (AvgIpc) is 2.28. The predicted octanol–water partition coefficient (Wildman–Crippen LogP) is 0.788. The van der Waals surface area contributed by atoms with E-state index in [-0.39, 0.29) is 11.8 Å². The van der Waals surface area contributed by atoms with Gasteiger partial charge in [-0.3, -0.25) is 10.1 Å². The zero-order valence-electron chi connectivity index (χ0n) is 8.97. The minimum Gasteiger partial charge on any atom is -0.320 e. The molecule has 3 N–H and O–H groups in total. The van der Waals surface area contributed by atoms with E-state index in [4.69, 9.17) is 5.73 Å². The molecule has 1 heterocycles. The third kappa shape index (κ3) is 3.28. The lowest BCUT2D eigenvalue weighted by Gasteiger charge is -2.16. The number of nitrogens with two attached hydrogens (primary N) is 1. The molecule has 0 radical (unpaired) electrons. The Kier molecular flexibility index (Phi) is 4.17. The van der Waals surface area contributed by atoms with Gasteiger partial charge in [0.25, 0.3) is 0 Å². The van der Waals surface area contributed by atoms with Crippen LogP contribution in [0.15, 0.2) is 18.5 Å². The van der Waals surface area contributed by atoms with Crippen LogP contribution in [0, 0.1) is 5.92 Å². The standard InChI is InChI=1S/C10H16N4O/c1-3-7(2)8(11)9(15)14-10-12-5-4-6-13-10/h4-8H,3,11H2,1-2H3,(H,12,13,14,15)/t7-,8-/m0/s1. The lowest BCUT2D eigenvalue weighted by molar-refractivity contribution is -0.118. The van der Waals surface area contributed by atoms with Gasteiger partial charge in [-0.15, -0.1) is 0 Å². The summed E-state index contributed by atoms with van der Waals surface area (Å²) in [5.41, 5.74) is 5.75. The van der Waals surface area contributed by atoms with E-state index in [1.165, 1.54) is 0 Å². The zero-order valence-corrected chi connectivity index (χ0v) is 8.97. The number of carbonyl (C=O) groups excluding carboxylic acids is 1. The van der Waals surface area contributed by atoms with E-state index < -0.39 is 6.04 Å². The Morgan fingerprint density at radius 2 is 2.13 bits per heavy atom. The van der Waals surface area contributed by atoms with Crippen molar-refractivity contribution in [1.29, 1.82) is 0 Å². The Balaban J connectivity index is 2.56. The summed E-state index contributed by atoms with van der Waals surface area (Å²) in [6.07, 6.45) is 4.00. The number of amides is 1. The van der Waals surface area contributed by atoms with E-state index in [9.17, 15) is 4.79 Å². The van der Waals surface area contributed by atoms with Crippen molar-refractivity contribution in [2.24, 2.45) is 11.7 Å². The summed E-state index contributed by atoms with van der Waals surface area (Å²) in [5.74, 6) is 0.200. The Morgan fingerprint density at radius 1 is 1.53 bits per heavy atom. The smallest absolute Gasteiger partial charge is 0.243 e. The van der Waals surface area contributed by atoms with Gasteiger partial charge in [-0.1, -0.05) is 20.3 Å². The Morgan fingerprint density at radius 3 is 2.67 bits per heavy atom. The third-order valence-electron chi connectivity index (χ3n) is 2.36. The van der Waals surface area contributed by atoms with Crippen LogP contribution in [0.5, 0.6) is 0 Å². The monoisotopic (exact) mass is 208 g/mol. The summed E-state index contributed by atoms with van der Waals surface area (Å²) in [5, 5.41) is 2.57. The van der Waals surface area contributed by atoms with Crippen LogP contribution in [0.1, 0.15) is 20.3 Å². The molecule has 0 unspecified atom stereocenters. The Labute approximate surface area is 89.1 Å². The minimum atomic E-state index is -0.515. The molecule has 0 aliphatic carbocycles. The van der Waals surface area contributed by atoms with Crippen LogP contribution in [0.2, 0.25) is 0 Å². The van der Waals surface area contributed by atoms with Gasteiger partial charge in [0.2, 0.25) is 11.9 Å². The highest BCUT2D eigenvalue weighted by Gasteiger charge is 2.19. The molecule has 1 aromatic rings. The molecule has 15 heavy (non-hydrogen) atoms. The molecule has 1 amide bonds. The van der Waals surface area contributed by atoms with Crippen molar-refractivity contribution < 1.29 is 4.79 Å². The van der Waals surface area contributed by atoms with Crippen LogP contribution >= 0.6 is 0 Å². The molecule has 2 atom stereocenters. The van der Waals surface area contributed by atoms with Crippen LogP contribution in [-0.2, 0) is 4.79 Å². The first-order valence-electron chi connectivity index (χ1n) is 4.98. The topological polar surface area (TPSA) is 80.9 Å². The van der Waals surface area contributed by atoms with E-state index in [1.54, 1.807) is 18.5 Å². The van der Waals surface area contributed by atoms with Gasteiger partial charge in [-0.2, -0.15) is 0 Å². The highest BCUT2D eigenvalue weighted by Crippen LogP contribution is 2.07. The summed E-state index contributed by atoms with van der Waals surface area (Å²) < 4.78 is 0. The van der Waals surface area contributed by atoms with Gasteiger partial charge < -0.3 is 5.73 Å². The molecule has 0 saturated heterocycles. The number of carbonyl (C=O) groups is 1.